The summed E-state index contributed by atoms with van der Waals surface area (Å²) in [6, 6.07) is 7.59. The lowest BCUT2D eigenvalue weighted by atomic mass is 9.93. The minimum absolute atomic E-state index is 0. The van der Waals surface area contributed by atoms with Gasteiger partial charge in [0.1, 0.15) is 0 Å². The number of hydrogen-bond acceptors (Lipinski definition) is 2. The van der Waals surface area contributed by atoms with Gasteiger partial charge in [0, 0.05) is 25.2 Å². The Morgan fingerprint density at radius 3 is 2.39 bits per heavy atom. The SMILES string of the molecule is CC1(C)CCN(C(=O)c2ccc(CN)cc2)C1.Cl. The zero-order chi connectivity index (χ0) is 12.5. The molecule has 0 saturated carbocycles. The van der Waals surface area contributed by atoms with Gasteiger partial charge in [-0.2, -0.15) is 0 Å². The molecule has 3 nitrogen and oxygen atoms in total. The lowest BCUT2D eigenvalue weighted by molar-refractivity contribution is 0.0778. The van der Waals surface area contributed by atoms with Crippen LogP contribution in [0.1, 0.15) is 36.2 Å². The van der Waals surface area contributed by atoms with Crippen LogP contribution in [-0.2, 0) is 6.54 Å². The number of likely N-dealkylation sites (tertiary alicyclic amines) is 1. The van der Waals surface area contributed by atoms with Gasteiger partial charge in [-0.05, 0) is 29.5 Å². The number of halogens is 1. The van der Waals surface area contributed by atoms with Crippen molar-refractivity contribution in [1.82, 2.24) is 4.90 Å². The summed E-state index contributed by atoms with van der Waals surface area (Å²) in [5.41, 5.74) is 7.62. The van der Waals surface area contributed by atoms with Crippen molar-refractivity contribution in [3.63, 3.8) is 0 Å². The van der Waals surface area contributed by atoms with Crippen LogP contribution >= 0.6 is 12.4 Å². The van der Waals surface area contributed by atoms with Crippen LogP contribution in [0.5, 0.6) is 0 Å². The normalized spacial score (nSPS) is 17.4. The first-order valence-electron chi connectivity index (χ1n) is 6.10. The molecule has 1 amide bonds. The Kier molecular flexibility index (Phi) is 4.77. The van der Waals surface area contributed by atoms with Gasteiger partial charge in [0.05, 0.1) is 0 Å². The van der Waals surface area contributed by atoms with Crippen LogP contribution in [0.2, 0.25) is 0 Å². The van der Waals surface area contributed by atoms with Crippen LogP contribution in [0, 0.1) is 5.41 Å². The van der Waals surface area contributed by atoms with E-state index in [1.807, 2.05) is 29.2 Å². The predicted octanol–water partition coefficient (Wildman–Crippen LogP) is 2.44. The van der Waals surface area contributed by atoms with Crippen molar-refractivity contribution in [2.75, 3.05) is 13.1 Å². The molecule has 0 spiro atoms. The number of carbonyl (C=O) groups is 1. The molecule has 0 unspecified atom stereocenters. The fourth-order valence-corrected chi connectivity index (χ4v) is 2.25. The Morgan fingerprint density at radius 2 is 1.94 bits per heavy atom. The van der Waals surface area contributed by atoms with Crippen LogP contribution < -0.4 is 5.73 Å². The molecule has 2 N–H and O–H groups in total. The summed E-state index contributed by atoms with van der Waals surface area (Å²) in [6.07, 6.45) is 1.08. The van der Waals surface area contributed by atoms with Gasteiger partial charge >= 0.3 is 0 Å². The van der Waals surface area contributed by atoms with E-state index in [0.29, 0.717) is 6.54 Å². The first kappa shape index (κ1) is 15.0. The molecule has 0 atom stereocenters. The van der Waals surface area contributed by atoms with Crippen molar-refractivity contribution in [2.24, 2.45) is 11.1 Å². The Bertz CT molecular complexity index is 414. The summed E-state index contributed by atoms with van der Waals surface area (Å²) >= 11 is 0. The third-order valence-corrected chi connectivity index (χ3v) is 3.40. The van der Waals surface area contributed by atoms with Crippen molar-refractivity contribution in [3.05, 3.63) is 35.4 Å². The van der Waals surface area contributed by atoms with Crippen LogP contribution in [0.3, 0.4) is 0 Å². The van der Waals surface area contributed by atoms with Gasteiger partial charge in [-0.3, -0.25) is 4.79 Å². The van der Waals surface area contributed by atoms with Crippen molar-refractivity contribution < 1.29 is 4.79 Å². The maximum Gasteiger partial charge on any atom is 0.253 e. The third-order valence-electron chi connectivity index (χ3n) is 3.40. The van der Waals surface area contributed by atoms with Crippen molar-refractivity contribution >= 4 is 18.3 Å². The van der Waals surface area contributed by atoms with Gasteiger partial charge in [0.2, 0.25) is 0 Å². The van der Waals surface area contributed by atoms with E-state index in [4.69, 9.17) is 5.73 Å². The molecule has 1 aliphatic heterocycles. The minimum atomic E-state index is 0. The molecule has 1 fully saturated rings. The number of nitrogens with zero attached hydrogens (tertiary/aromatic N) is 1. The summed E-state index contributed by atoms with van der Waals surface area (Å²) in [5, 5.41) is 0. The molecule has 0 bridgehead atoms. The van der Waals surface area contributed by atoms with E-state index in [1.54, 1.807) is 0 Å². The first-order chi connectivity index (χ1) is 8.02. The van der Waals surface area contributed by atoms with E-state index in [0.717, 1.165) is 30.6 Å². The molecule has 2 rings (SSSR count). The molecular formula is C14H21ClN2O. The van der Waals surface area contributed by atoms with Gasteiger partial charge < -0.3 is 10.6 Å². The molecule has 0 radical (unpaired) electrons. The summed E-state index contributed by atoms with van der Waals surface area (Å²) in [5.74, 6) is 0.138. The second-order valence-electron chi connectivity index (χ2n) is 5.54. The van der Waals surface area contributed by atoms with Crippen molar-refractivity contribution in [1.29, 1.82) is 0 Å². The van der Waals surface area contributed by atoms with Gasteiger partial charge in [0.25, 0.3) is 5.91 Å². The largest absolute Gasteiger partial charge is 0.338 e. The van der Waals surface area contributed by atoms with Gasteiger partial charge in [-0.25, -0.2) is 0 Å². The number of rotatable bonds is 2. The van der Waals surface area contributed by atoms with Gasteiger partial charge in [0.15, 0.2) is 0 Å². The zero-order valence-electron chi connectivity index (χ0n) is 11.0. The molecule has 0 aliphatic carbocycles. The fraction of sp³-hybridized carbons (Fsp3) is 0.500. The summed E-state index contributed by atoms with van der Waals surface area (Å²) < 4.78 is 0. The number of carbonyl (C=O) groups excluding carboxylic acids is 1. The third kappa shape index (κ3) is 3.24. The van der Waals surface area contributed by atoms with Crippen LogP contribution in [0.25, 0.3) is 0 Å². The molecular weight excluding hydrogens is 248 g/mol. The molecule has 1 aromatic carbocycles. The summed E-state index contributed by atoms with van der Waals surface area (Å²) in [6.45, 7) is 6.65. The van der Waals surface area contributed by atoms with E-state index in [-0.39, 0.29) is 23.7 Å². The minimum Gasteiger partial charge on any atom is -0.338 e. The zero-order valence-corrected chi connectivity index (χ0v) is 11.8. The number of benzene rings is 1. The average Bonchev–Trinajstić information content (AvgIpc) is 2.69. The van der Waals surface area contributed by atoms with Crippen LogP contribution in [0.15, 0.2) is 24.3 Å². The Labute approximate surface area is 115 Å². The standard InChI is InChI=1S/C14H20N2O.ClH/c1-14(2)7-8-16(10-14)13(17)12-5-3-11(9-15)4-6-12;/h3-6H,7-10,15H2,1-2H3;1H. The fourth-order valence-electron chi connectivity index (χ4n) is 2.25. The Balaban J connectivity index is 0.00000162. The molecule has 100 valence electrons. The maximum absolute atomic E-state index is 12.2. The highest BCUT2D eigenvalue weighted by Crippen LogP contribution is 2.29. The van der Waals surface area contributed by atoms with Gasteiger partial charge in [-0.1, -0.05) is 26.0 Å². The van der Waals surface area contributed by atoms with E-state index >= 15 is 0 Å². The predicted molar refractivity (Wildman–Crippen MR) is 75.9 cm³/mol. The highest BCUT2D eigenvalue weighted by Gasteiger charge is 2.32. The maximum atomic E-state index is 12.2. The summed E-state index contributed by atoms with van der Waals surface area (Å²) in [7, 11) is 0. The number of hydrogen-bond donors (Lipinski definition) is 1. The first-order valence-corrected chi connectivity index (χ1v) is 6.10. The molecule has 18 heavy (non-hydrogen) atoms. The monoisotopic (exact) mass is 268 g/mol. The van der Waals surface area contributed by atoms with E-state index in [2.05, 4.69) is 13.8 Å². The highest BCUT2D eigenvalue weighted by atomic mass is 35.5. The smallest absolute Gasteiger partial charge is 0.253 e. The van der Waals surface area contributed by atoms with Gasteiger partial charge in [-0.15, -0.1) is 12.4 Å². The molecule has 1 saturated heterocycles. The van der Waals surface area contributed by atoms with Crippen LogP contribution in [0.4, 0.5) is 0 Å². The van der Waals surface area contributed by atoms with Crippen molar-refractivity contribution in [2.45, 2.75) is 26.8 Å². The Hall–Kier alpha value is -1.06. The molecule has 0 aromatic heterocycles. The lowest BCUT2D eigenvalue weighted by Crippen LogP contribution is -2.30. The van der Waals surface area contributed by atoms with Crippen LogP contribution in [-0.4, -0.2) is 23.9 Å². The number of amides is 1. The second-order valence-corrected chi connectivity index (χ2v) is 5.54. The number of nitrogens with two attached hydrogens (primary N) is 1. The molecule has 4 heteroatoms. The van der Waals surface area contributed by atoms with Crippen molar-refractivity contribution in [3.8, 4) is 0 Å². The van der Waals surface area contributed by atoms with E-state index < -0.39 is 0 Å². The lowest BCUT2D eigenvalue weighted by Gasteiger charge is -2.19. The average molecular weight is 269 g/mol. The quantitative estimate of drug-likeness (QED) is 0.896. The molecule has 1 heterocycles. The molecule has 1 aliphatic rings. The topological polar surface area (TPSA) is 46.3 Å². The van der Waals surface area contributed by atoms with E-state index in [1.165, 1.54) is 0 Å². The Morgan fingerprint density at radius 1 is 1.33 bits per heavy atom. The highest BCUT2D eigenvalue weighted by molar-refractivity contribution is 5.94. The second kappa shape index (κ2) is 5.72. The van der Waals surface area contributed by atoms with E-state index in [9.17, 15) is 4.79 Å². The molecule has 1 aromatic rings. The summed E-state index contributed by atoms with van der Waals surface area (Å²) in [4.78, 5) is 14.2.